The molecular weight excluding hydrogens is 344 g/mol. The molecule has 3 rings (SSSR count). The van der Waals surface area contributed by atoms with Crippen LogP contribution >= 0.6 is 11.8 Å². The predicted molar refractivity (Wildman–Crippen MR) is 96.4 cm³/mol. The minimum Gasteiger partial charge on any atom is -0.484 e. The number of rotatable bonds is 6. The number of thioether (sulfide) groups is 1. The van der Waals surface area contributed by atoms with Crippen molar-refractivity contribution in [2.45, 2.75) is 10.7 Å². The van der Waals surface area contributed by atoms with Crippen LogP contribution in [0.5, 0.6) is 5.75 Å². The summed E-state index contributed by atoms with van der Waals surface area (Å²) in [6, 6.07) is 19.8. The number of hydrogen-bond acceptors (Lipinski definition) is 3. The van der Waals surface area contributed by atoms with Crippen molar-refractivity contribution in [2.24, 2.45) is 0 Å². The molecule has 3 nitrogen and oxygen atoms in total. The largest absolute Gasteiger partial charge is 0.484 e. The SMILES string of the molecule is O=C(COc1ccc2ccccc2c1)Nc1ccccc1SC(F)F. The first-order valence-corrected chi connectivity index (χ1v) is 8.45. The smallest absolute Gasteiger partial charge is 0.288 e. The van der Waals surface area contributed by atoms with E-state index in [1.807, 2.05) is 36.4 Å². The van der Waals surface area contributed by atoms with Gasteiger partial charge in [-0.1, -0.05) is 54.2 Å². The molecular formula is C19H15F2NO2S. The quantitative estimate of drug-likeness (QED) is 0.617. The number of fused-ring (bicyclic) bond motifs is 1. The van der Waals surface area contributed by atoms with Crippen molar-refractivity contribution in [2.75, 3.05) is 11.9 Å². The summed E-state index contributed by atoms with van der Waals surface area (Å²) in [5, 5.41) is 4.70. The van der Waals surface area contributed by atoms with Gasteiger partial charge in [-0.3, -0.25) is 4.79 Å². The molecule has 0 aliphatic carbocycles. The third-order valence-corrected chi connectivity index (χ3v) is 4.26. The van der Waals surface area contributed by atoms with Gasteiger partial charge in [0, 0.05) is 4.90 Å². The average molecular weight is 359 g/mol. The third-order valence-electron chi connectivity index (χ3n) is 3.47. The summed E-state index contributed by atoms with van der Waals surface area (Å²) in [4.78, 5) is 12.4. The fourth-order valence-electron chi connectivity index (χ4n) is 2.36. The first kappa shape index (κ1) is 17.2. The lowest BCUT2D eigenvalue weighted by atomic mass is 10.1. The Balaban J connectivity index is 1.63. The maximum Gasteiger partial charge on any atom is 0.288 e. The fraction of sp³-hybridized carbons (Fsp3) is 0.105. The minimum atomic E-state index is -2.55. The second kappa shape index (κ2) is 7.98. The number of anilines is 1. The van der Waals surface area contributed by atoms with Crippen LogP contribution in [-0.2, 0) is 4.79 Å². The fourth-order valence-corrected chi connectivity index (χ4v) is 2.96. The Labute approximate surface area is 148 Å². The Kier molecular flexibility index (Phi) is 5.50. The molecule has 128 valence electrons. The number of hydrogen-bond donors (Lipinski definition) is 1. The van der Waals surface area contributed by atoms with Crippen LogP contribution in [0.15, 0.2) is 71.6 Å². The van der Waals surface area contributed by atoms with Gasteiger partial charge in [0.25, 0.3) is 11.7 Å². The summed E-state index contributed by atoms with van der Waals surface area (Å²) in [5.74, 6) is -2.38. The van der Waals surface area contributed by atoms with Gasteiger partial charge in [0.05, 0.1) is 5.69 Å². The Morgan fingerprint density at radius 2 is 1.72 bits per heavy atom. The lowest BCUT2D eigenvalue weighted by Crippen LogP contribution is -2.20. The lowest BCUT2D eigenvalue weighted by Gasteiger charge is -2.11. The number of nitrogens with one attached hydrogen (secondary N) is 1. The molecule has 6 heteroatoms. The summed E-state index contributed by atoms with van der Waals surface area (Å²) in [6.07, 6.45) is 0. The van der Waals surface area contributed by atoms with Crippen molar-refractivity contribution < 1.29 is 18.3 Å². The number of carbonyl (C=O) groups is 1. The summed E-state index contributed by atoms with van der Waals surface area (Å²) in [7, 11) is 0. The number of para-hydroxylation sites is 1. The summed E-state index contributed by atoms with van der Waals surface area (Å²) < 4.78 is 30.6. The van der Waals surface area contributed by atoms with Crippen molar-refractivity contribution in [3.8, 4) is 5.75 Å². The van der Waals surface area contributed by atoms with E-state index in [1.165, 1.54) is 6.07 Å². The van der Waals surface area contributed by atoms with Gasteiger partial charge >= 0.3 is 0 Å². The second-order valence-electron chi connectivity index (χ2n) is 5.22. The van der Waals surface area contributed by atoms with E-state index >= 15 is 0 Å². The highest BCUT2D eigenvalue weighted by molar-refractivity contribution is 7.99. The Morgan fingerprint density at radius 1 is 1.00 bits per heavy atom. The van der Waals surface area contributed by atoms with E-state index in [0.717, 1.165) is 10.8 Å². The van der Waals surface area contributed by atoms with Crippen LogP contribution in [0, 0.1) is 0 Å². The Hall–Kier alpha value is -2.60. The average Bonchev–Trinajstić information content (AvgIpc) is 2.61. The number of carbonyl (C=O) groups excluding carboxylic acids is 1. The molecule has 1 N–H and O–H groups in total. The van der Waals surface area contributed by atoms with Crippen LogP contribution in [0.3, 0.4) is 0 Å². The Morgan fingerprint density at radius 3 is 2.52 bits per heavy atom. The molecule has 0 heterocycles. The van der Waals surface area contributed by atoms with E-state index in [4.69, 9.17) is 4.74 Å². The van der Waals surface area contributed by atoms with Crippen LogP contribution in [0.2, 0.25) is 0 Å². The second-order valence-corrected chi connectivity index (χ2v) is 6.25. The maximum absolute atomic E-state index is 12.6. The van der Waals surface area contributed by atoms with Gasteiger partial charge in [-0.15, -0.1) is 0 Å². The predicted octanol–water partition coefficient (Wildman–Crippen LogP) is 5.17. The van der Waals surface area contributed by atoms with Gasteiger partial charge in [0.2, 0.25) is 0 Å². The molecule has 0 radical (unpaired) electrons. The van der Waals surface area contributed by atoms with E-state index < -0.39 is 11.7 Å². The lowest BCUT2D eigenvalue weighted by molar-refractivity contribution is -0.118. The van der Waals surface area contributed by atoms with Crippen molar-refractivity contribution in [3.63, 3.8) is 0 Å². The molecule has 0 atom stereocenters. The molecule has 0 aliphatic heterocycles. The summed E-state index contributed by atoms with van der Waals surface area (Å²) in [6.45, 7) is -0.202. The van der Waals surface area contributed by atoms with Crippen LogP contribution in [0.1, 0.15) is 0 Å². The third kappa shape index (κ3) is 4.70. The van der Waals surface area contributed by atoms with Gasteiger partial charge in [0.15, 0.2) is 6.61 Å². The molecule has 0 fully saturated rings. The van der Waals surface area contributed by atoms with Crippen molar-refractivity contribution in [3.05, 3.63) is 66.7 Å². The van der Waals surface area contributed by atoms with Crippen LogP contribution in [0.25, 0.3) is 10.8 Å². The van der Waals surface area contributed by atoms with E-state index in [2.05, 4.69) is 5.32 Å². The number of amides is 1. The molecule has 0 aromatic heterocycles. The summed E-state index contributed by atoms with van der Waals surface area (Å²) >= 11 is 0.394. The molecule has 0 bridgehead atoms. The highest BCUT2D eigenvalue weighted by Gasteiger charge is 2.12. The molecule has 3 aromatic rings. The number of halogens is 2. The van der Waals surface area contributed by atoms with Gasteiger partial charge in [-0.25, -0.2) is 0 Å². The number of ether oxygens (including phenoxy) is 1. The van der Waals surface area contributed by atoms with Gasteiger partial charge in [-0.2, -0.15) is 8.78 Å². The molecule has 0 spiro atoms. The van der Waals surface area contributed by atoms with Crippen LogP contribution in [-0.4, -0.2) is 18.3 Å². The molecule has 25 heavy (non-hydrogen) atoms. The van der Waals surface area contributed by atoms with Crippen LogP contribution in [0.4, 0.5) is 14.5 Å². The van der Waals surface area contributed by atoms with Crippen molar-refractivity contribution >= 4 is 34.1 Å². The normalized spacial score (nSPS) is 10.8. The molecule has 0 saturated carbocycles. The molecule has 1 amide bonds. The molecule has 0 unspecified atom stereocenters. The standard InChI is InChI=1S/C19H15F2NO2S/c20-19(21)25-17-8-4-3-7-16(17)22-18(23)12-24-15-10-9-13-5-1-2-6-14(13)11-15/h1-11,19H,12H2,(H,22,23). The summed E-state index contributed by atoms with van der Waals surface area (Å²) in [5.41, 5.74) is 0.347. The van der Waals surface area contributed by atoms with E-state index in [1.54, 1.807) is 24.3 Å². The van der Waals surface area contributed by atoms with E-state index in [-0.39, 0.29) is 6.61 Å². The highest BCUT2D eigenvalue weighted by Crippen LogP contribution is 2.31. The number of alkyl halides is 2. The highest BCUT2D eigenvalue weighted by atomic mass is 32.2. The zero-order valence-electron chi connectivity index (χ0n) is 13.1. The minimum absolute atomic E-state index is 0.202. The topological polar surface area (TPSA) is 38.3 Å². The van der Waals surface area contributed by atoms with Crippen LogP contribution < -0.4 is 10.1 Å². The van der Waals surface area contributed by atoms with E-state index in [0.29, 0.717) is 28.1 Å². The van der Waals surface area contributed by atoms with E-state index in [9.17, 15) is 13.6 Å². The molecule has 0 aliphatic rings. The first-order chi connectivity index (χ1) is 12.1. The Bertz CT molecular complexity index is 886. The maximum atomic E-state index is 12.6. The monoisotopic (exact) mass is 359 g/mol. The molecule has 0 saturated heterocycles. The van der Waals surface area contributed by atoms with Gasteiger partial charge in [0.1, 0.15) is 5.75 Å². The molecule has 3 aromatic carbocycles. The van der Waals surface area contributed by atoms with Gasteiger partial charge in [-0.05, 0) is 35.0 Å². The van der Waals surface area contributed by atoms with Crippen molar-refractivity contribution in [1.82, 2.24) is 0 Å². The van der Waals surface area contributed by atoms with Gasteiger partial charge < -0.3 is 10.1 Å². The zero-order chi connectivity index (χ0) is 17.6. The number of benzene rings is 3. The van der Waals surface area contributed by atoms with Crippen molar-refractivity contribution in [1.29, 1.82) is 0 Å². The zero-order valence-corrected chi connectivity index (χ0v) is 13.9. The first-order valence-electron chi connectivity index (χ1n) is 7.57.